The molecule has 0 N–H and O–H groups in total. The molecule has 14 heavy (non-hydrogen) atoms. The number of nitrogens with zero attached hydrogens (tertiary/aromatic N) is 2. The van der Waals surface area contributed by atoms with E-state index in [1.807, 2.05) is 29.9 Å². The van der Waals surface area contributed by atoms with E-state index in [0.29, 0.717) is 0 Å². The first kappa shape index (κ1) is 9.52. The summed E-state index contributed by atoms with van der Waals surface area (Å²) >= 11 is 3.45. The number of aryl methyl sites for hydroxylation is 1. The average Bonchev–Trinajstić information content (AvgIpc) is 2.51. The zero-order valence-corrected chi connectivity index (χ0v) is 9.71. The molecule has 1 aromatic carbocycles. The van der Waals surface area contributed by atoms with Crippen molar-refractivity contribution >= 4 is 26.8 Å². The van der Waals surface area contributed by atoms with Crippen LogP contribution in [0.4, 0.5) is 0 Å². The second-order valence-electron chi connectivity index (χ2n) is 3.09. The van der Waals surface area contributed by atoms with Crippen molar-refractivity contribution in [3.63, 3.8) is 0 Å². The van der Waals surface area contributed by atoms with Crippen molar-refractivity contribution in [3.8, 4) is 5.75 Å². The molecule has 1 aromatic heterocycles. The van der Waals surface area contributed by atoms with E-state index in [1.165, 1.54) is 11.1 Å². The van der Waals surface area contributed by atoms with Gasteiger partial charge < -0.3 is 4.74 Å². The van der Waals surface area contributed by atoms with E-state index in [2.05, 4.69) is 21.0 Å². The van der Waals surface area contributed by atoms with Gasteiger partial charge in [0.05, 0.1) is 18.3 Å². The summed E-state index contributed by atoms with van der Waals surface area (Å²) in [6, 6.07) is 5.94. The molecule has 2 aromatic rings. The van der Waals surface area contributed by atoms with Gasteiger partial charge >= 0.3 is 0 Å². The Hall–Kier alpha value is -1.03. The Kier molecular flexibility index (Phi) is 2.46. The molecule has 0 amide bonds. The highest BCUT2D eigenvalue weighted by molar-refractivity contribution is 9.08. The standard InChI is InChI=1S/C10H11BrN2O/c1-13-10(6-11)8-4-3-7(14-2)5-9(8)12-13/h3-5H,6H2,1-2H3. The molecule has 0 aliphatic carbocycles. The van der Waals surface area contributed by atoms with Crippen molar-refractivity contribution in [2.45, 2.75) is 5.33 Å². The fraction of sp³-hybridized carbons (Fsp3) is 0.300. The summed E-state index contributed by atoms with van der Waals surface area (Å²) in [5, 5.41) is 6.38. The second-order valence-corrected chi connectivity index (χ2v) is 3.65. The summed E-state index contributed by atoms with van der Waals surface area (Å²) in [7, 11) is 3.61. The third kappa shape index (κ3) is 1.39. The number of ether oxygens (including phenoxy) is 1. The molecule has 0 bridgehead atoms. The van der Waals surface area contributed by atoms with Gasteiger partial charge in [0, 0.05) is 23.8 Å². The summed E-state index contributed by atoms with van der Waals surface area (Å²) in [4.78, 5) is 0. The number of benzene rings is 1. The Morgan fingerprint density at radius 2 is 2.29 bits per heavy atom. The molecular weight excluding hydrogens is 244 g/mol. The van der Waals surface area contributed by atoms with Gasteiger partial charge in [-0.05, 0) is 12.1 Å². The minimum Gasteiger partial charge on any atom is -0.497 e. The molecule has 0 aliphatic rings. The van der Waals surface area contributed by atoms with E-state index in [-0.39, 0.29) is 0 Å². The van der Waals surface area contributed by atoms with Crippen LogP contribution in [0.15, 0.2) is 18.2 Å². The SMILES string of the molecule is COc1ccc2c(CBr)n(C)nc2c1. The number of aromatic nitrogens is 2. The van der Waals surface area contributed by atoms with E-state index in [4.69, 9.17) is 4.74 Å². The van der Waals surface area contributed by atoms with Crippen LogP contribution in [0.25, 0.3) is 10.9 Å². The topological polar surface area (TPSA) is 27.1 Å². The van der Waals surface area contributed by atoms with E-state index in [1.54, 1.807) is 7.11 Å². The average molecular weight is 255 g/mol. The van der Waals surface area contributed by atoms with Crippen molar-refractivity contribution in [1.29, 1.82) is 0 Å². The van der Waals surface area contributed by atoms with Crippen LogP contribution in [0.5, 0.6) is 5.75 Å². The number of hydrogen-bond donors (Lipinski definition) is 0. The molecule has 0 saturated carbocycles. The summed E-state index contributed by atoms with van der Waals surface area (Å²) < 4.78 is 7.03. The Bertz CT molecular complexity index is 464. The van der Waals surface area contributed by atoms with Crippen LogP contribution in [0.2, 0.25) is 0 Å². The molecule has 3 nitrogen and oxygen atoms in total. The maximum Gasteiger partial charge on any atom is 0.121 e. The van der Waals surface area contributed by atoms with Gasteiger partial charge in [-0.25, -0.2) is 0 Å². The van der Waals surface area contributed by atoms with E-state index in [0.717, 1.165) is 16.6 Å². The first-order chi connectivity index (χ1) is 6.76. The smallest absolute Gasteiger partial charge is 0.121 e. The van der Waals surface area contributed by atoms with Crippen LogP contribution in [-0.2, 0) is 12.4 Å². The Balaban J connectivity index is 2.68. The van der Waals surface area contributed by atoms with Crippen LogP contribution in [-0.4, -0.2) is 16.9 Å². The van der Waals surface area contributed by atoms with Gasteiger partial charge in [0.1, 0.15) is 5.75 Å². The van der Waals surface area contributed by atoms with E-state index < -0.39 is 0 Å². The molecule has 4 heteroatoms. The van der Waals surface area contributed by atoms with Crippen LogP contribution < -0.4 is 4.74 Å². The highest BCUT2D eigenvalue weighted by atomic mass is 79.9. The molecular formula is C10H11BrN2O. The fourth-order valence-electron chi connectivity index (χ4n) is 1.52. The highest BCUT2D eigenvalue weighted by Crippen LogP contribution is 2.23. The number of fused-ring (bicyclic) bond motifs is 1. The van der Waals surface area contributed by atoms with Crippen LogP contribution in [0, 0.1) is 0 Å². The first-order valence-electron chi connectivity index (χ1n) is 4.32. The maximum absolute atomic E-state index is 5.14. The minimum atomic E-state index is 0.812. The lowest BCUT2D eigenvalue weighted by Crippen LogP contribution is -1.94. The van der Waals surface area contributed by atoms with Crippen molar-refractivity contribution < 1.29 is 4.74 Å². The Labute approximate surface area is 90.8 Å². The van der Waals surface area contributed by atoms with Gasteiger partial charge in [-0.3, -0.25) is 4.68 Å². The zero-order chi connectivity index (χ0) is 10.1. The van der Waals surface area contributed by atoms with Gasteiger partial charge in [0.25, 0.3) is 0 Å². The molecule has 0 aliphatic heterocycles. The number of hydrogen-bond acceptors (Lipinski definition) is 2. The van der Waals surface area contributed by atoms with Crippen LogP contribution >= 0.6 is 15.9 Å². The lowest BCUT2D eigenvalue weighted by Gasteiger charge is -1.98. The normalized spacial score (nSPS) is 10.8. The summed E-state index contributed by atoms with van der Waals surface area (Å²) in [6.07, 6.45) is 0. The number of halogens is 1. The first-order valence-corrected chi connectivity index (χ1v) is 5.44. The van der Waals surface area contributed by atoms with Gasteiger partial charge in [0.15, 0.2) is 0 Å². The van der Waals surface area contributed by atoms with Gasteiger partial charge in [0.2, 0.25) is 0 Å². The van der Waals surface area contributed by atoms with Crippen molar-refractivity contribution in [2.75, 3.05) is 7.11 Å². The summed E-state index contributed by atoms with van der Waals surface area (Å²) in [5.74, 6) is 0.844. The summed E-state index contributed by atoms with van der Waals surface area (Å²) in [5.41, 5.74) is 2.16. The Morgan fingerprint density at radius 1 is 1.50 bits per heavy atom. The molecule has 0 unspecified atom stereocenters. The van der Waals surface area contributed by atoms with Crippen LogP contribution in [0.3, 0.4) is 0 Å². The van der Waals surface area contributed by atoms with Crippen molar-refractivity contribution in [2.24, 2.45) is 7.05 Å². The largest absolute Gasteiger partial charge is 0.497 e. The number of methoxy groups -OCH3 is 1. The van der Waals surface area contributed by atoms with Gasteiger partial charge in [-0.15, -0.1) is 0 Å². The monoisotopic (exact) mass is 254 g/mol. The highest BCUT2D eigenvalue weighted by Gasteiger charge is 2.07. The molecule has 0 radical (unpaired) electrons. The quantitative estimate of drug-likeness (QED) is 0.771. The van der Waals surface area contributed by atoms with E-state index >= 15 is 0 Å². The number of rotatable bonds is 2. The van der Waals surface area contributed by atoms with E-state index in [9.17, 15) is 0 Å². The molecule has 2 rings (SSSR count). The van der Waals surface area contributed by atoms with Crippen LogP contribution in [0.1, 0.15) is 5.69 Å². The molecule has 0 fully saturated rings. The third-order valence-corrected chi connectivity index (χ3v) is 2.82. The summed E-state index contributed by atoms with van der Waals surface area (Å²) in [6.45, 7) is 0. The second kappa shape index (κ2) is 3.61. The van der Waals surface area contributed by atoms with Gasteiger partial charge in [-0.2, -0.15) is 5.10 Å². The van der Waals surface area contributed by atoms with Crippen molar-refractivity contribution in [3.05, 3.63) is 23.9 Å². The number of alkyl halides is 1. The lowest BCUT2D eigenvalue weighted by molar-refractivity contribution is 0.415. The molecule has 74 valence electrons. The molecule has 0 saturated heterocycles. The predicted molar refractivity (Wildman–Crippen MR) is 59.9 cm³/mol. The fourth-order valence-corrected chi connectivity index (χ4v) is 2.18. The third-order valence-electron chi connectivity index (χ3n) is 2.29. The lowest BCUT2D eigenvalue weighted by atomic mass is 10.2. The maximum atomic E-state index is 5.14. The molecule has 0 atom stereocenters. The minimum absolute atomic E-state index is 0.812. The molecule has 1 heterocycles. The zero-order valence-electron chi connectivity index (χ0n) is 8.12. The van der Waals surface area contributed by atoms with Gasteiger partial charge in [-0.1, -0.05) is 15.9 Å². The molecule has 0 spiro atoms. The Morgan fingerprint density at radius 3 is 2.93 bits per heavy atom. The predicted octanol–water partition coefficient (Wildman–Crippen LogP) is 2.48. The van der Waals surface area contributed by atoms with Crippen molar-refractivity contribution in [1.82, 2.24) is 9.78 Å².